The molecule has 0 heterocycles. The third kappa shape index (κ3) is 4.95. The van der Waals surface area contributed by atoms with Gasteiger partial charge in [-0.25, -0.2) is 0 Å². The Morgan fingerprint density at radius 1 is 1.35 bits per heavy atom. The van der Waals surface area contributed by atoms with Crippen LogP contribution >= 0.6 is 11.8 Å². The number of hydrogen-bond acceptors (Lipinski definition) is 2. The summed E-state index contributed by atoms with van der Waals surface area (Å²) in [4.78, 5) is 10.2. The molecule has 0 fully saturated rings. The molecule has 0 amide bonds. The molecule has 0 aliphatic carbocycles. The summed E-state index contributed by atoms with van der Waals surface area (Å²) in [6.45, 7) is 6.63. The number of carbonyl (C=O) groups excluding carboxylic acids is 1. The molecule has 1 nitrogen and oxygen atoms in total. The highest BCUT2D eigenvalue weighted by molar-refractivity contribution is 7.98. The van der Waals surface area contributed by atoms with Crippen molar-refractivity contribution in [1.82, 2.24) is 0 Å². The third-order valence-electron chi connectivity index (χ3n) is 2.91. The van der Waals surface area contributed by atoms with Crippen LogP contribution in [0.5, 0.6) is 0 Å². The van der Waals surface area contributed by atoms with Crippen LogP contribution in [-0.2, 0) is 10.5 Å². The van der Waals surface area contributed by atoms with E-state index in [1.54, 1.807) is 0 Å². The van der Waals surface area contributed by atoms with Crippen molar-refractivity contribution in [3.8, 4) is 0 Å². The fourth-order valence-corrected chi connectivity index (χ4v) is 2.70. The normalized spacial score (nSPS) is 10.8. The smallest absolute Gasteiger partial charge is 0.120 e. The molecule has 17 heavy (non-hydrogen) atoms. The van der Waals surface area contributed by atoms with Gasteiger partial charge in [0.05, 0.1) is 0 Å². The number of aryl methyl sites for hydroxylation is 1. The van der Waals surface area contributed by atoms with E-state index in [1.165, 1.54) is 16.7 Å². The predicted octanol–water partition coefficient (Wildman–Crippen LogP) is 4.33. The average molecular weight is 250 g/mol. The molecule has 0 bridgehead atoms. The molecule has 1 aromatic rings. The zero-order chi connectivity index (χ0) is 12.7. The molecular weight excluding hydrogens is 228 g/mol. The number of unbranched alkanes of at least 4 members (excludes halogenated alkanes) is 1. The summed E-state index contributed by atoms with van der Waals surface area (Å²) in [6, 6.07) is 6.77. The van der Waals surface area contributed by atoms with E-state index in [0.717, 1.165) is 24.2 Å². The molecular formula is C15H22OS. The lowest BCUT2D eigenvalue weighted by atomic mass is 9.99. The first-order valence-electron chi connectivity index (χ1n) is 6.26. The SMILES string of the molecule is Cc1ccc(C(C)C)cc1CSCCCC=O. The van der Waals surface area contributed by atoms with Crippen LogP contribution < -0.4 is 0 Å². The van der Waals surface area contributed by atoms with Gasteiger partial charge in [0.15, 0.2) is 0 Å². The molecule has 0 aliphatic rings. The first kappa shape index (κ1) is 14.3. The van der Waals surface area contributed by atoms with Crippen LogP contribution in [0.1, 0.15) is 49.3 Å². The second kappa shape index (κ2) is 7.54. The fraction of sp³-hybridized carbons (Fsp3) is 0.533. The molecule has 0 aromatic heterocycles. The van der Waals surface area contributed by atoms with Gasteiger partial charge in [-0.3, -0.25) is 0 Å². The molecule has 2 heteroatoms. The average Bonchev–Trinajstić information content (AvgIpc) is 2.30. The summed E-state index contributed by atoms with van der Waals surface area (Å²) in [5.41, 5.74) is 4.23. The van der Waals surface area contributed by atoms with Gasteiger partial charge in [-0.15, -0.1) is 0 Å². The summed E-state index contributed by atoms with van der Waals surface area (Å²) in [6.07, 6.45) is 2.69. The van der Waals surface area contributed by atoms with E-state index in [-0.39, 0.29) is 0 Å². The van der Waals surface area contributed by atoms with Crippen LogP contribution in [-0.4, -0.2) is 12.0 Å². The van der Waals surface area contributed by atoms with Crippen molar-refractivity contribution in [2.24, 2.45) is 0 Å². The lowest BCUT2D eigenvalue weighted by Crippen LogP contribution is -1.93. The molecule has 1 aromatic carbocycles. The van der Waals surface area contributed by atoms with Crippen LogP contribution in [0.3, 0.4) is 0 Å². The third-order valence-corrected chi connectivity index (χ3v) is 4.00. The standard InChI is InChI=1S/C15H22OS/c1-12(2)14-7-6-13(3)15(10-14)11-17-9-5-4-8-16/h6-8,10,12H,4-5,9,11H2,1-3H3. The Morgan fingerprint density at radius 3 is 2.76 bits per heavy atom. The highest BCUT2D eigenvalue weighted by Crippen LogP contribution is 2.22. The Bertz CT molecular complexity index is 358. The van der Waals surface area contributed by atoms with Crippen molar-refractivity contribution in [2.75, 3.05) is 5.75 Å². The minimum atomic E-state index is 0.592. The van der Waals surface area contributed by atoms with E-state index in [4.69, 9.17) is 0 Å². The van der Waals surface area contributed by atoms with Gasteiger partial charge >= 0.3 is 0 Å². The minimum Gasteiger partial charge on any atom is -0.303 e. The Morgan fingerprint density at radius 2 is 2.12 bits per heavy atom. The Balaban J connectivity index is 2.51. The van der Waals surface area contributed by atoms with E-state index in [0.29, 0.717) is 12.3 Å². The number of rotatable bonds is 7. The van der Waals surface area contributed by atoms with E-state index < -0.39 is 0 Å². The molecule has 0 unspecified atom stereocenters. The van der Waals surface area contributed by atoms with Gasteiger partial charge in [-0.1, -0.05) is 32.0 Å². The zero-order valence-corrected chi connectivity index (χ0v) is 11.8. The molecule has 0 aliphatic heterocycles. The Labute approximate surface area is 109 Å². The number of hydrogen-bond donors (Lipinski definition) is 0. The number of thioether (sulfide) groups is 1. The van der Waals surface area contributed by atoms with Crippen molar-refractivity contribution in [2.45, 2.75) is 45.3 Å². The molecule has 94 valence electrons. The molecule has 0 spiro atoms. The largest absolute Gasteiger partial charge is 0.303 e. The number of aldehydes is 1. The zero-order valence-electron chi connectivity index (χ0n) is 11.0. The monoisotopic (exact) mass is 250 g/mol. The maximum absolute atomic E-state index is 10.2. The Kier molecular flexibility index (Phi) is 6.35. The van der Waals surface area contributed by atoms with Gasteiger partial charge in [-0.2, -0.15) is 11.8 Å². The second-order valence-electron chi connectivity index (χ2n) is 4.70. The first-order chi connectivity index (χ1) is 8.15. The summed E-state index contributed by atoms with van der Waals surface area (Å²) >= 11 is 1.92. The van der Waals surface area contributed by atoms with Crippen molar-refractivity contribution in [1.29, 1.82) is 0 Å². The van der Waals surface area contributed by atoms with Crippen molar-refractivity contribution < 1.29 is 4.79 Å². The maximum atomic E-state index is 10.2. The molecule has 0 N–H and O–H groups in total. The quantitative estimate of drug-likeness (QED) is 0.529. The van der Waals surface area contributed by atoms with Gasteiger partial charge in [-0.05, 0) is 41.7 Å². The summed E-state index contributed by atoms with van der Waals surface area (Å²) < 4.78 is 0. The van der Waals surface area contributed by atoms with Gasteiger partial charge in [0.1, 0.15) is 6.29 Å². The van der Waals surface area contributed by atoms with E-state index in [2.05, 4.69) is 39.0 Å². The highest BCUT2D eigenvalue weighted by Gasteiger charge is 2.03. The van der Waals surface area contributed by atoms with Crippen LogP contribution in [0, 0.1) is 6.92 Å². The van der Waals surface area contributed by atoms with Gasteiger partial charge in [0, 0.05) is 12.2 Å². The Hall–Kier alpha value is -0.760. The number of carbonyl (C=O) groups is 1. The van der Waals surface area contributed by atoms with Gasteiger partial charge in [0.25, 0.3) is 0 Å². The van der Waals surface area contributed by atoms with Crippen LogP contribution in [0.15, 0.2) is 18.2 Å². The molecule has 0 radical (unpaired) electrons. The van der Waals surface area contributed by atoms with Gasteiger partial charge in [0.2, 0.25) is 0 Å². The van der Waals surface area contributed by atoms with E-state index in [9.17, 15) is 4.79 Å². The summed E-state index contributed by atoms with van der Waals surface area (Å²) in [7, 11) is 0. The molecule has 0 saturated heterocycles. The van der Waals surface area contributed by atoms with Crippen LogP contribution in [0.4, 0.5) is 0 Å². The maximum Gasteiger partial charge on any atom is 0.120 e. The second-order valence-corrected chi connectivity index (χ2v) is 5.81. The summed E-state index contributed by atoms with van der Waals surface area (Å²) in [5.74, 6) is 2.73. The van der Waals surface area contributed by atoms with E-state index in [1.807, 2.05) is 11.8 Å². The molecule has 0 saturated carbocycles. The molecule has 1 rings (SSSR count). The number of benzene rings is 1. The van der Waals surface area contributed by atoms with Crippen molar-refractivity contribution in [3.63, 3.8) is 0 Å². The van der Waals surface area contributed by atoms with Crippen LogP contribution in [0.2, 0.25) is 0 Å². The highest BCUT2D eigenvalue weighted by atomic mass is 32.2. The predicted molar refractivity (Wildman–Crippen MR) is 76.7 cm³/mol. The minimum absolute atomic E-state index is 0.592. The molecule has 0 atom stereocenters. The van der Waals surface area contributed by atoms with Crippen molar-refractivity contribution >= 4 is 18.0 Å². The topological polar surface area (TPSA) is 17.1 Å². The lowest BCUT2D eigenvalue weighted by molar-refractivity contribution is -0.107. The van der Waals surface area contributed by atoms with E-state index >= 15 is 0 Å². The van der Waals surface area contributed by atoms with Crippen molar-refractivity contribution in [3.05, 3.63) is 34.9 Å². The first-order valence-corrected chi connectivity index (χ1v) is 7.41. The fourth-order valence-electron chi connectivity index (χ4n) is 1.66. The lowest BCUT2D eigenvalue weighted by Gasteiger charge is -2.11. The van der Waals surface area contributed by atoms with Gasteiger partial charge < -0.3 is 4.79 Å². The summed E-state index contributed by atoms with van der Waals surface area (Å²) in [5, 5.41) is 0. The van der Waals surface area contributed by atoms with Crippen LogP contribution in [0.25, 0.3) is 0 Å².